The zero-order valence-electron chi connectivity index (χ0n) is 13.9. The molecule has 0 spiro atoms. The van der Waals surface area contributed by atoms with E-state index in [1.165, 1.54) is 6.08 Å². The molecule has 0 amide bonds. The maximum Gasteiger partial charge on any atom is 0.330 e. The zero-order valence-corrected chi connectivity index (χ0v) is 15.4. The van der Waals surface area contributed by atoms with Gasteiger partial charge in [0.05, 0.1) is 13.7 Å². The number of hydrogen-bond acceptors (Lipinski definition) is 4. The van der Waals surface area contributed by atoms with Crippen molar-refractivity contribution in [2.24, 2.45) is 0 Å². The lowest BCUT2D eigenvalue weighted by atomic mass is 10.2. The van der Waals surface area contributed by atoms with Crippen LogP contribution in [0.15, 0.2) is 42.5 Å². The molecule has 0 saturated heterocycles. The number of rotatable bonds is 7. The van der Waals surface area contributed by atoms with Crippen LogP contribution in [0.25, 0.3) is 6.08 Å². The monoisotopic (exact) mass is 380 g/mol. The lowest BCUT2D eigenvalue weighted by Gasteiger charge is -2.13. The Balaban J connectivity index is 2.13. The lowest BCUT2D eigenvalue weighted by Crippen LogP contribution is -2.00. The molecule has 25 heavy (non-hydrogen) atoms. The highest BCUT2D eigenvalue weighted by Gasteiger charge is 2.09. The Kier molecular flexibility index (Phi) is 7.16. The molecule has 0 atom stereocenters. The van der Waals surface area contributed by atoms with Crippen LogP contribution in [0.2, 0.25) is 10.0 Å². The van der Waals surface area contributed by atoms with Crippen LogP contribution < -0.4 is 9.47 Å². The van der Waals surface area contributed by atoms with E-state index in [1.807, 2.05) is 6.07 Å². The molecule has 2 aromatic rings. The van der Waals surface area contributed by atoms with E-state index in [4.69, 9.17) is 37.4 Å². The van der Waals surface area contributed by atoms with Crippen molar-refractivity contribution in [3.05, 3.63) is 63.6 Å². The molecule has 2 rings (SSSR count). The summed E-state index contributed by atoms with van der Waals surface area (Å²) in [6.07, 6.45) is 3.01. The van der Waals surface area contributed by atoms with E-state index in [-0.39, 0.29) is 6.61 Å². The molecular formula is C19H18Cl2O4. The summed E-state index contributed by atoms with van der Waals surface area (Å²) in [7, 11) is 1.55. The summed E-state index contributed by atoms with van der Waals surface area (Å²) in [4.78, 5) is 11.4. The summed E-state index contributed by atoms with van der Waals surface area (Å²) >= 11 is 12.3. The van der Waals surface area contributed by atoms with Crippen molar-refractivity contribution in [3.8, 4) is 11.5 Å². The Morgan fingerprint density at radius 3 is 2.48 bits per heavy atom. The molecule has 0 bridgehead atoms. The number of benzene rings is 2. The minimum atomic E-state index is -0.393. The van der Waals surface area contributed by atoms with Gasteiger partial charge in [-0.2, -0.15) is 0 Å². The minimum absolute atomic E-state index is 0.215. The number of halogens is 2. The standard InChI is InChI=1S/C19H18Cl2O4/c1-3-24-19(22)10-8-13-7-9-17(18(11-13)23-2)25-12-14-15(20)5-4-6-16(14)21/h4-11H,3,12H2,1-2H3/b10-8+. The fourth-order valence-electron chi connectivity index (χ4n) is 2.08. The van der Waals surface area contributed by atoms with Gasteiger partial charge in [0.25, 0.3) is 0 Å². The van der Waals surface area contributed by atoms with Crippen molar-refractivity contribution in [2.45, 2.75) is 13.5 Å². The molecule has 0 N–H and O–H groups in total. The second-order valence-corrected chi connectivity index (χ2v) is 5.80. The average Bonchev–Trinajstić information content (AvgIpc) is 2.60. The third-order valence-corrected chi connectivity index (χ3v) is 4.03. The van der Waals surface area contributed by atoms with E-state index in [1.54, 1.807) is 50.4 Å². The van der Waals surface area contributed by atoms with Gasteiger partial charge in [-0.3, -0.25) is 0 Å². The van der Waals surface area contributed by atoms with Crippen LogP contribution in [0.3, 0.4) is 0 Å². The molecule has 6 heteroatoms. The first-order valence-electron chi connectivity index (χ1n) is 7.63. The fraction of sp³-hybridized carbons (Fsp3) is 0.211. The van der Waals surface area contributed by atoms with Gasteiger partial charge in [0.15, 0.2) is 11.5 Å². The summed E-state index contributed by atoms with van der Waals surface area (Å²) in [5.41, 5.74) is 1.49. The second kappa shape index (κ2) is 9.35. The highest BCUT2D eigenvalue weighted by molar-refractivity contribution is 6.35. The summed E-state index contributed by atoms with van der Waals surface area (Å²) in [5.74, 6) is 0.691. The molecule has 0 heterocycles. The van der Waals surface area contributed by atoms with Gasteiger partial charge in [-0.15, -0.1) is 0 Å². The van der Waals surface area contributed by atoms with Gasteiger partial charge in [-0.05, 0) is 42.8 Å². The van der Waals surface area contributed by atoms with Gasteiger partial charge >= 0.3 is 5.97 Å². The van der Waals surface area contributed by atoms with Crippen LogP contribution in [0.5, 0.6) is 11.5 Å². The van der Waals surface area contributed by atoms with Gasteiger partial charge in [0, 0.05) is 21.7 Å². The highest BCUT2D eigenvalue weighted by atomic mass is 35.5. The molecule has 0 aliphatic heterocycles. The van der Waals surface area contributed by atoms with Crippen LogP contribution in [0.4, 0.5) is 0 Å². The first-order valence-corrected chi connectivity index (χ1v) is 8.39. The summed E-state index contributed by atoms with van der Waals surface area (Å²) < 4.78 is 16.0. The molecule has 0 unspecified atom stereocenters. The van der Waals surface area contributed by atoms with Gasteiger partial charge in [0.1, 0.15) is 6.61 Å². The Hall–Kier alpha value is -2.17. The van der Waals surface area contributed by atoms with E-state index in [0.717, 1.165) is 5.56 Å². The quantitative estimate of drug-likeness (QED) is 0.491. The van der Waals surface area contributed by atoms with Crippen molar-refractivity contribution in [1.82, 2.24) is 0 Å². The number of carbonyl (C=O) groups is 1. The predicted octanol–water partition coefficient (Wildman–Crippen LogP) is 5.16. The Morgan fingerprint density at radius 1 is 1.12 bits per heavy atom. The third kappa shape index (κ3) is 5.41. The molecule has 0 aliphatic rings. The molecule has 132 valence electrons. The fourth-order valence-corrected chi connectivity index (χ4v) is 2.59. The predicted molar refractivity (Wildman–Crippen MR) is 99.5 cm³/mol. The van der Waals surface area contributed by atoms with E-state index in [0.29, 0.717) is 33.7 Å². The van der Waals surface area contributed by atoms with Gasteiger partial charge in [0.2, 0.25) is 0 Å². The van der Waals surface area contributed by atoms with Crippen LogP contribution in [0, 0.1) is 0 Å². The molecule has 2 aromatic carbocycles. The summed E-state index contributed by atoms with van der Waals surface area (Å²) in [5, 5.41) is 1.08. The van der Waals surface area contributed by atoms with Crippen LogP contribution in [-0.2, 0) is 16.1 Å². The summed E-state index contributed by atoms with van der Waals surface area (Å²) in [6, 6.07) is 10.6. The van der Waals surface area contributed by atoms with Crippen molar-refractivity contribution in [3.63, 3.8) is 0 Å². The first kappa shape index (κ1) is 19.2. The van der Waals surface area contributed by atoms with Crippen molar-refractivity contribution < 1.29 is 19.0 Å². The number of ether oxygens (including phenoxy) is 3. The van der Waals surface area contributed by atoms with E-state index < -0.39 is 5.97 Å². The Morgan fingerprint density at radius 2 is 1.84 bits per heavy atom. The van der Waals surface area contributed by atoms with Crippen LogP contribution >= 0.6 is 23.2 Å². The minimum Gasteiger partial charge on any atom is -0.493 e. The van der Waals surface area contributed by atoms with Crippen molar-refractivity contribution in [2.75, 3.05) is 13.7 Å². The molecule has 0 fully saturated rings. The van der Waals surface area contributed by atoms with Crippen LogP contribution in [-0.4, -0.2) is 19.7 Å². The molecule has 0 saturated carbocycles. The van der Waals surface area contributed by atoms with Gasteiger partial charge in [-0.25, -0.2) is 4.79 Å². The number of hydrogen-bond donors (Lipinski definition) is 0. The number of methoxy groups -OCH3 is 1. The average molecular weight is 381 g/mol. The van der Waals surface area contributed by atoms with Crippen molar-refractivity contribution >= 4 is 35.2 Å². The first-order chi connectivity index (χ1) is 12.0. The van der Waals surface area contributed by atoms with Gasteiger partial charge in [-0.1, -0.05) is 35.3 Å². The third-order valence-electron chi connectivity index (χ3n) is 3.32. The second-order valence-electron chi connectivity index (χ2n) is 4.98. The molecule has 4 nitrogen and oxygen atoms in total. The molecule has 0 aliphatic carbocycles. The van der Waals surface area contributed by atoms with E-state index in [9.17, 15) is 4.79 Å². The summed E-state index contributed by atoms with van der Waals surface area (Å²) in [6.45, 7) is 2.31. The Bertz CT molecular complexity index is 752. The Labute approximate surface area is 156 Å². The maximum atomic E-state index is 11.4. The maximum absolute atomic E-state index is 11.4. The largest absolute Gasteiger partial charge is 0.493 e. The number of carbonyl (C=O) groups excluding carboxylic acids is 1. The topological polar surface area (TPSA) is 44.8 Å². The lowest BCUT2D eigenvalue weighted by molar-refractivity contribution is -0.137. The zero-order chi connectivity index (χ0) is 18.2. The molecular weight excluding hydrogens is 363 g/mol. The van der Waals surface area contributed by atoms with E-state index >= 15 is 0 Å². The van der Waals surface area contributed by atoms with Crippen LogP contribution in [0.1, 0.15) is 18.1 Å². The highest BCUT2D eigenvalue weighted by Crippen LogP contribution is 2.31. The van der Waals surface area contributed by atoms with Crippen molar-refractivity contribution in [1.29, 1.82) is 0 Å². The number of esters is 1. The molecule has 0 aromatic heterocycles. The smallest absolute Gasteiger partial charge is 0.330 e. The molecule has 0 radical (unpaired) electrons. The van der Waals surface area contributed by atoms with E-state index in [2.05, 4.69) is 0 Å². The normalized spacial score (nSPS) is 10.7. The van der Waals surface area contributed by atoms with Gasteiger partial charge < -0.3 is 14.2 Å². The SMILES string of the molecule is CCOC(=O)/C=C/c1ccc(OCc2c(Cl)cccc2Cl)c(OC)c1.